The summed E-state index contributed by atoms with van der Waals surface area (Å²) in [6.07, 6.45) is 0.447. The molecule has 1 rings (SSSR count). The van der Waals surface area contributed by atoms with Gasteiger partial charge < -0.3 is 11.1 Å². The third-order valence-electron chi connectivity index (χ3n) is 2.17. The van der Waals surface area contributed by atoms with Gasteiger partial charge in [0.15, 0.2) is 0 Å². The molecule has 5 N–H and O–H groups in total. The third-order valence-corrected chi connectivity index (χ3v) is 3.92. The Morgan fingerprint density at radius 3 is 2.61 bits per heavy atom. The largest absolute Gasteiger partial charge is 0.389 e. The first-order valence-corrected chi connectivity index (χ1v) is 8.05. The van der Waals surface area contributed by atoms with E-state index in [0.29, 0.717) is 18.0 Å². The minimum atomic E-state index is -3.39. The lowest BCUT2D eigenvalue weighted by atomic mass is 10.2. The van der Waals surface area contributed by atoms with Gasteiger partial charge in [-0.25, -0.2) is 13.6 Å². The zero-order chi connectivity index (χ0) is 13.8. The van der Waals surface area contributed by atoms with Gasteiger partial charge in [0.2, 0.25) is 10.0 Å². The lowest BCUT2D eigenvalue weighted by Crippen LogP contribution is -2.18. The fourth-order valence-electron chi connectivity index (χ4n) is 1.31. The number of benzene rings is 1. The van der Waals surface area contributed by atoms with Crippen molar-refractivity contribution in [2.45, 2.75) is 6.42 Å². The Hall–Kier alpha value is -0.700. The third kappa shape index (κ3) is 5.30. The molecular formula is C10H14BrN3O2S2. The predicted molar refractivity (Wildman–Crippen MR) is 81.1 cm³/mol. The van der Waals surface area contributed by atoms with E-state index in [-0.39, 0.29) is 5.75 Å². The lowest BCUT2D eigenvalue weighted by molar-refractivity contribution is 0.596. The molecule has 5 nitrogen and oxygen atoms in total. The van der Waals surface area contributed by atoms with Crippen molar-refractivity contribution in [3.63, 3.8) is 0 Å². The van der Waals surface area contributed by atoms with Crippen LogP contribution < -0.4 is 16.2 Å². The number of anilines is 1. The van der Waals surface area contributed by atoms with Gasteiger partial charge in [-0.2, -0.15) is 0 Å². The summed E-state index contributed by atoms with van der Waals surface area (Å²) in [5, 5.41) is 8.01. The zero-order valence-corrected chi connectivity index (χ0v) is 12.7. The SMILES string of the molecule is NC(=S)c1ccc(NCCCS(N)(=O)=O)c(Br)c1. The minimum Gasteiger partial charge on any atom is -0.389 e. The van der Waals surface area contributed by atoms with E-state index in [9.17, 15) is 8.42 Å². The maximum absolute atomic E-state index is 10.7. The van der Waals surface area contributed by atoms with Gasteiger partial charge in [0.25, 0.3) is 0 Å². The monoisotopic (exact) mass is 351 g/mol. The number of primary sulfonamides is 1. The van der Waals surface area contributed by atoms with Crippen LogP contribution in [0.5, 0.6) is 0 Å². The standard InChI is InChI=1S/C10H14BrN3O2S2/c11-8-6-7(10(12)17)2-3-9(8)14-4-1-5-18(13,15)16/h2-3,6,14H,1,4-5H2,(H2,12,17)(H2,13,15,16). The average molecular weight is 352 g/mol. The molecule has 0 amide bonds. The quantitative estimate of drug-likeness (QED) is 0.527. The molecule has 8 heteroatoms. The van der Waals surface area contributed by atoms with Crippen LogP contribution in [0.3, 0.4) is 0 Å². The summed E-state index contributed by atoms with van der Waals surface area (Å²) in [5.41, 5.74) is 7.13. The molecule has 1 aromatic rings. The molecule has 0 aliphatic carbocycles. The predicted octanol–water partition coefficient (Wildman–Crippen LogP) is 1.17. The Morgan fingerprint density at radius 2 is 2.11 bits per heavy atom. The molecule has 0 saturated heterocycles. The van der Waals surface area contributed by atoms with Crippen LogP contribution in [0.15, 0.2) is 22.7 Å². The Bertz CT molecular complexity index is 546. The van der Waals surface area contributed by atoms with Crippen LogP contribution in [0.25, 0.3) is 0 Å². The summed E-state index contributed by atoms with van der Waals surface area (Å²) in [6, 6.07) is 5.44. The first-order valence-electron chi connectivity index (χ1n) is 5.13. The molecule has 0 aliphatic rings. The van der Waals surface area contributed by atoms with Crippen molar-refractivity contribution in [1.82, 2.24) is 0 Å². The van der Waals surface area contributed by atoms with Crippen LogP contribution in [-0.4, -0.2) is 25.7 Å². The topological polar surface area (TPSA) is 98.2 Å². The molecule has 0 aliphatic heterocycles. The second kappa shape index (κ2) is 6.46. The molecule has 100 valence electrons. The van der Waals surface area contributed by atoms with Crippen molar-refractivity contribution in [1.29, 1.82) is 0 Å². The van der Waals surface area contributed by atoms with Crippen molar-refractivity contribution < 1.29 is 8.42 Å². The molecule has 0 saturated carbocycles. The number of thiocarbonyl (C=S) groups is 1. The van der Waals surface area contributed by atoms with Crippen molar-refractivity contribution in [3.8, 4) is 0 Å². The van der Waals surface area contributed by atoms with Gasteiger partial charge in [-0.1, -0.05) is 12.2 Å². The van der Waals surface area contributed by atoms with Crippen LogP contribution >= 0.6 is 28.1 Å². The molecule has 0 spiro atoms. The number of rotatable bonds is 6. The molecular weight excluding hydrogens is 338 g/mol. The van der Waals surface area contributed by atoms with E-state index < -0.39 is 10.0 Å². The highest BCUT2D eigenvalue weighted by atomic mass is 79.9. The summed E-state index contributed by atoms with van der Waals surface area (Å²) < 4.78 is 22.3. The second-order valence-electron chi connectivity index (χ2n) is 3.71. The number of halogens is 1. The average Bonchev–Trinajstić information content (AvgIpc) is 2.24. The summed E-state index contributed by atoms with van der Waals surface area (Å²) in [6.45, 7) is 0.515. The zero-order valence-electron chi connectivity index (χ0n) is 9.52. The summed E-state index contributed by atoms with van der Waals surface area (Å²) in [5.74, 6) is -0.0391. The summed E-state index contributed by atoms with van der Waals surface area (Å²) in [7, 11) is -3.39. The number of sulfonamides is 1. The Kier molecular flexibility index (Phi) is 5.51. The van der Waals surface area contributed by atoms with Crippen molar-refractivity contribution in [2.75, 3.05) is 17.6 Å². The summed E-state index contributed by atoms with van der Waals surface area (Å²) in [4.78, 5) is 0.330. The Labute approximate surface area is 120 Å². The van der Waals surface area contributed by atoms with Crippen LogP contribution in [-0.2, 0) is 10.0 Å². The van der Waals surface area contributed by atoms with E-state index >= 15 is 0 Å². The summed E-state index contributed by atoms with van der Waals surface area (Å²) >= 11 is 8.25. The first kappa shape index (κ1) is 15.4. The highest BCUT2D eigenvalue weighted by molar-refractivity contribution is 9.10. The molecule has 0 aromatic heterocycles. The van der Waals surface area contributed by atoms with E-state index in [2.05, 4.69) is 21.2 Å². The fourth-order valence-corrected chi connectivity index (χ4v) is 2.50. The van der Waals surface area contributed by atoms with Gasteiger partial charge in [-0.15, -0.1) is 0 Å². The van der Waals surface area contributed by atoms with Gasteiger partial charge in [0.1, 0.15) is 4.99 Å². The Morgan fingerprint density at radius 1 is 1.44 bits per heavy atom. The molecule has 0 atom stereocenters. The smallest absolute Gasteiger partial charge is 0.209 e. The number of nitrogens with one attached hydrogen (secondary N) is 1. The van der Waals surface area contributed by atoms with Crippen LogP contribution in [0.1, 0.15) is 12.0 Å². The van der Waals surface area contributed by atoms with Crippen LogP contribution in [0, 0.1) is 0 Å². The van der Waals surface area contributed by atoms with E-state index in [4.69, 9.17) is 23.1 Å². The molecule has 0 fully saturated rings. The van der Waals surface area contributed by atoms with Gasteiger partial charge in [-0.05, 0) is 40.5 Å². The normalized spacial score (nSPS) is 11.2. The van der Waals surface area contributed by atoms with E-state index in [0.717, 1.165) is 15.7 Å². The molecule has 0 radical (unpaired) electrons. The van der Waals surface area contributed by atoms with Gasteiger partial charge in [0.05, 0.1) is 5.75 Å². The molecule has 0 heterocycles. The van der Waals surface area contributed by atoms with E-state index in [1.165, 1.54) is 0 Å². The maximum atomic E-state index is 10.7. The number of nitrogens with two attached hydrogens (primary N) is 2. The first-order chi connectivity index (χ1) is 8.29. The van der Waals surface area contributed by atoms with Crippen molar-refractivity contribution in [2.24, 2.45) is 10.9 Å². The minimum absolute atomic E-state index is 0.0391. The fraction of sp³-hybridized carbons (Fsp3) is 0.300. The highest BCUT2D eigenvalue weighted by Crippen LogP contribution is 2.23. The lowest BCUT2D eigenvalue weighted by Gasteiger charge is -2.09. The van der Waals surface area contributed by atoms with Gasteiger partial charge >= 0.3 is 0 Å². The number of hydrogen-bond donors (Lipinski definition) is 3. The molecule has 18 heavy (non-hydrogen) atoms. The van der Waals surface area contributed by atoms with Crippen molar-refractivity contribution in [3.05, 3.63) is 28.2 Å². The number of hydrogen-bond acceptors (Lipinski definition) is 4. The van der Waals surface area contributed by atoms with Gasteiger partial charge in [0, 0.05) is 22.3 Å². The molecule has 0 unspecified atom stereocenters. The van der Waals surface area contributed by atoms with Gasteiger partial charge in [-0.3, -0.25) is 0 Å². The van der Waals surface area contributed by atoms with E-state index in [1.807, 2.05) is 12.1 Å². The van der Waals surface area contributed by atoms with Crippen LogP contribution in [0.4, 0.5) is 5.69 Å². The second-order valence-corrected chi connectivity index (χ2v) is 6.73. The van der Waals surface area contributed by atoms with Crippen molar-refractivity contribution >= 4 is 48.8 Å². The Balaban J connectivity index is 2.56. The maximum Gasteiger partial charge on any atom is 0.209 e. The molecule has 0 bridgehead atoms. The molecule has 1 aromatic carbocycles. The highest BCUT2D eigenvalue weighted by Gasteiger charge is 2.04. The van der Waals surface area contributed by atoms with E-state index in [1.54, 1.807) is 6.07 Å². The van der Waals surface area contributed by atoms with Crippen LogP contribution in [0.2, 0.25) is 0 Å².